The Labute approximate surface area is 123 Å². The standard InChI is InChI=1S/C11H8Cl3NO4/c1-15-5-6(8(16)2-3-9(17)18)4-7(15)10(19)11(12,13)14/h2-5H,1H3,(H,17,18)/b3-2+. The zero-order valence-corrected chi connectivity index (χ0v) is 11.8. The molecule has 19 heavy (non-hydrogen) atoms. The van der Waals surface area contributed by atoms with Gasteiger partial charge < -0.3 is 9.67 Å². The van der Waals surface area contributed by atoms with Crippen LogP contribution in [0.15, 0.2) is 24.4 Å². The molecule has 0 spiro atoms. The van der Waals surface area contributed by atoms with E-state index in [0.717, 1.165) is 6.08 Å². The summed E-state index contributed by atoms with van der Waals surface area (Å²) >= 11 is 16.4. The molecule has 0 radical (unpaired) electrons. The van der Waals surface area contributed by atoms with Crippen LogP contribution in [0.5, 0.6) is 0 Å². The number of carbonyl (C=O) groups is 3. The van der Waals surface area contributed by atoms with Gasteiger partial charge in [0.1, 0.15) is 0 Å². The van der Waals surface area contributed by atoms with Crippen LogP contribution in [0.3, 0.4) is 0 Å². The average Bonchev–Trinajstić information content (AvgIpc) is 2.65. The van der Waals surface area contributed by atoms with Crippen molar-refractivity contribution in [3.63, 3.8) is 0 Å². The topological polar surface area (TPSA) is 76.4 Å². The molecule has 0 aliphatic rings. The number of alkyl halides is 3. The van der Waals surface area contributed by atoms with Gasteiger partial charge in [-0.3, -0.25) is 9.59 Å². The van der Waals surface area contributed by atoms with Crippen LogP contribution in [0.4, 0.5) is 0 Å². The third-order valence-corrected chi connectivity index (χ3v) is 2.67. The number of carboxylic acids is 1. The van der Waals surface area contributed by atoms with Crippen molar-refractivity contribution in [3.05, 3.63) is 35.7 Å². The van der Waals surface area contributed by atoms with Crippen molar-refractivity contribution in [1.29, 1.82) is 0 Å². The molecule has 1 heterocycles. The molecule has 102 valence electrons. The van der Waals surface area contributed by atoms with Crippen LogP contribution in [0.2, 0.25) is 0 Å². The van der Waals surface area contributed by atoms with Crippen molar-refractivity contribution in [2.75, 3.05) is 0 Å². The Morgan fingerprint density at radius 2 is 1.84 bits per heavy atom. The number of carboxylic acid groups (broad SMARTS) is 1. The average molecular weight is 325 g/mol. The minimum absolute atomic E-state index is 0.0343. The Hall–Kier alpha value is -1.30. The van der Waals surface area contributed by atoms with E-state index >= 15 is 0 Å². The van der Waals surface area contributed by atoms with Gasteiger partial charge in [-0.2, -0.15) is 0 Å². The number of ketones is 2. The number of rotatable bonds is 4. The number of hydrogen-bond acceptors (Lipinski definition) is 3. The van der Waals surface area contributed by atoms with Gasteiger partial charge in [0.15, 0.2) is 5.78 Å². The number of hydrogen-bond donors (Lipinski definition) is 1. The van der Waals surface area contributed by atoms with Crippen molar-refractivity contribution in [2.24, 2.45) is 7.05 Å². The molecule has 0 amide bonds. The maximum atomic E-state index is 11.7. The first-order chi connectivity index (χ1) is 8.62. The van der Waals surface area contributed by atoms with Gasteiger partial charge >= 0.3 is 5.97 Å². The normalized spacial score (nSPS) is 11.8. The lowest BCUT2D eigenvalue weighted by molar-refractivity contribution is -0.131. The summed E-state index contributed by atoms with van der Waals surface area (Å²) in [4.78, 5) is 33.7. The number of aryl methyl sites for hydroxylation is 1. The molecule has 0 bridgehead atoms. The van der Waals surface area contributed by atoms with Gasteiger partial charge in [-0.05, 0) is 12.1 Å². The molecule has 0 saturated heterocycles. The van der Waals surface area contributed by atoms with Crippen LogP contribution >= 0.6 is 34.8 Å². The van der Waals surface area contributed by atoms with E-state index in [9.17, 15) is 14.4 Å². The molecule has 0 unspecified atom stereocenters. The number of aliphatic carboxylic acids is 1. The highest BCUT2D eigenvalue weighted by molar-refractivity contribution is 6.77. The summed E-state index contributed by atoms with van der Waals surface area (Å²) in [6.45, 7) is 0. The summed E-state index contributed by atoms with van der Waals surface area (Å²) in [6.07, 6.45) is 2.92. The summed E-state index contributed by atoms with van der Waals surface area (Å²) in [5, 5.41) is 8.41. The molecule has 0 aromatic carbocycles. The zero-order valence-electron chi connectivity index (χ0n) is 9.56. The largest absolute Gasteiger partial charge is 0.478 e. The SMILES string of the molecule is Cn1cc(C(=O)/C=C/C(=O)O)cc1C(=O)C(Cl)(Cl)Cl. The molecular weight excluding hydrogens is 316 g/mol. The third kappa shape index (κ3) is 4.09. The Balaban J connectivity index is 3.07. The van der Waals surface area contributed by atoms with E-state index in [1.54, 1.807) is 0 Å². The summed E-state index contributed by atoms with van der Waals surface area (Å²) in [5.74, 6) is -2.59. The summed E-state index contributed by atoms with van der Waals surface area (Å²) in [5.41, 5.74) is 0.157. The molecule has 0 aliphatic carbocycles. The lowest BCUT2D eigenvalue weighted by Gasteiger charge is -2.09. The van der Waals surface area contributed by atoms with Crippen LogP contribution in [0.1, 0.15) is 20.8 Å². The fourth-order valence-corrected chi connectivity index (χ4v) is 1.60. The molecule has 8 heteroatoms. The maximum absolute atomic E-state index is 11.7. The van der Waals surface area contributed by atoms with Gasteiger partial charge in [0.2, 0.25) is 5.78 Å². The molecule has 1 rings (SSSR count). The van der Waals surface area contributed by atoms with Gasteiger partial charge in [0.25, 0.3) is 3.79 Å². The highest BCUT2D eigenvalue weighted by atomic mass is 35.6. The van der Waals surface area contributed by atoms with Crippen LogP contribution < -0.4 is 0 Å². The number of allylic oxidation sites excluding steroid dienone is 1. The molecule has 0 atom stereocenters. The molecule has 0 aliphatic heterocycles. The molecule has 1 aromatic heterocycles. The first kappa shape index (κ1) is 15.8. The zero-order chi connectivity index (χ0) is 14.8. The predicted octanol–water partition coefficient (Wildman–Crippen LogP) is 2.40. The van der Waals surface area contributed by atoms with E-state index in [1.807, 2.05) is 0 Å². The second-order valence-electron chi connectivity index (χ2n) is 3.59. The van der Waals surface area contributed by atoms with Crippen molar-refractivity contribution in [3.8, 4) is 0 Å². The van der Waals surface area contributed by atoms with Gasteiger partial charge in [-0.25, -0.2) is 4.79 Å². The van der Waals surface area contributed by atoms with Crippen LogP contribution in [0, 0.1) is 0 Å². The minimum Gasteiger partial charge on any atom is -0.478 e. The number of nitrogens with zero attached hydrogens (tertiary/aromatic N) is 1. The van der Waals surface area contributed by atoms with Gasteiger partial charge in [0, 0.05) is 24.9 Å². The second kappa shape index (κ2) is 5.77. The van der Waals surface area contributed by atoms with Crippen LogP contribution in [-0.2, 0) is 11.8 Å². The fourth-order valence-electron chi connectivity index (χ4n) is 1.31. The fraction of sp³-hybridized carbons (Fsp3) is 0.182. The molecule has 1 aromatic rings. The third-order valence-electron chi connectivity index (χ3n) is 2.16. The lowest BCUT2D eigenvalue weighted by Crippen LogP contribution is -2.21. The Bertz CT molecular complexity index is 569. The molecular formula is C11H8Cl3NO4. The Morgan fingerprint density at radius 3 is 2.32 bits per heavy atom. The van der Waals surface area contributed by atoms with Crippen molar-refractivity contribution >= 4 is 52.3 Å². The van der Waals surface area contributed by atoms with E-state index < -0.39 is 21.3 Å². The minimum atomic E-state index is -2.12. The first-order valence-corrected chi connectivity index (χ1v) is 5.99. The Morgan fingerprint density at radius 1 is 1.26 bits per heavy atom. The van der Waals surface area contributed by atoms with Crippen molar-refractivity contribution in [1.82, 2.24) is 4.57 Å². The number of carbonyl (C=O) groups excluding carboxylic acids is 2. The van der Waals surface area contributed by atoms with E-state index in [0.29, 0.717) is 6.08 Å². The summed E-state index contributed by atoms with van der Waals surface area (Å²) in [7, 11) is 1.50. The summed E-state index contributed by atoms with van der Waals surface area (Å²) in [6, 6.07) is 1.23. The number of Topliss-reactive ketones (excluding diaryl/α,β-unsaturated/α-hetero) is 1. The monoisotopic (exact) mass is 323 g/mol. The van der Waals surface area contributed by atoms with E-state index in [1.165, 1.54) is 23.9 Å². The predicted molar refractivity (Wildman–Crippen MR) is 71.1 cm³/mol. The quantitative estimate of drug-likeness (QED) is 0.524. The second-order valence-corrected chi connectivity index (χ2v) is 5.87. The maximum Gasteiger partial charge on any atom is 0.328 e. The van der Waals surface area contributed by atoms with E-state index in [4.69, 9.17) is 39.9 Å². The molecule has 1 N–H and O–H groups in total. The smallest absolute Gasteiger partial charge is 0.328 e. The Kier molecular flexibility index (Phi) is 4.79. The molecule has 0 saturated carbocycles. The highest BCUT2D eigenvalue weighted by Gasteiger charge is 2.33. The highest BCUT2D eigenvalue weighted by Crippen LogP contribution is 2.30. The van der Waals surface area contributed by atoms with Crippen molar-refractivity contribution in [2.45, 2.75) is 3.79 Å². The van der Waals surface area contributed by atoms with Crippen LogP contribution in [0.25, 0.3) is 0 Å². The number of halogens is 3. The molecule has 5 nitrogen and oxygen atoms in total. The first-order valence-electron chi connectivity index (χ1n) is 4.86. The van der Waals surface area contributed by atoms with Crippen LogP contribution in [-0.4, -0.2) is 31.0 Å². The molecule has 0 fully saturated rings. The van der Waals surface area contributed by atoms with E-state index in [-0.39, 0.29) is 11.3 Å². The van der Waals surface area contributed by atoms with E-state index in [2.05, 4.69) is 0 Å². The van der Waals surface area contributed by atoms with Gasteiger partial charge in [-0.1, -0.05) is 34.8 Å². The summed E-state index contributed by atoms with van der Waals surface area (Å²) < 4.78 is -0.796. The lowest BCUT2D eigenvalue weighted by atomic mass is 10.2. The van der Waals surface area contributed by atoms with Gasteiger partial charge in [0.05, 0.1) is 5.69 Å². The van der Waals surface area contributed by atoms with Crippen molar-refractivity contribution < 1.29 is 19.5 Å². The van der Waals surface area contributed by atoms with Gasteiger partial charge in [-0.15, -0.1) is 0 Å². The number of aromatic nitrogens is 1.